The van der Waals surface area contributed by atoms with Gasteiger partial charge in [-0.05, 0) is 43.4 Å². The van der Waals surface area contributed by atoms with Crippen molar-refractivity contribution in [2.45, 2.75) is 45.7 Å². The van der Waals surface area contributed by atoms with Crippen molar-refractivity contribution in [3.8, 4) is 5.75 Å². The lowest BCUT2D eigenvalue weighted by molar-refractivity contribution is 0.187. The number of anilines is 1. The number of rotatable bonds is 4. The van der Waals surface area contributed by atoms with Crippen LogP contribution in [-0.4, -0.2) is 45.4 Å². The maximum absolute atomic E-state index is 12.6. The molecule has 1 aromatic heterocycles. The van der Waals surface area contributed by atoms with Crippen molar-refractivity contribution in [1.82, 2.24) is 19.7 Å². The van der Waals surface area contributed by atoms with Crippen LogP contribution >= 0.6 is 0 Å². The number of aromatic nitrogens is 3. The van der Waals surface area contributed by atoms with Gasteiger partial charge in [0, 0.05) is 12.6 Å². The number of likely N-dealkylation sites (tertiary alicyclic amines) is 1. The number of hydrogen-bond donors (Lipinski definition) is 1. The van der Waals surface area contributed by atoms with Crippen LogP contribution in [0.5, 0.6) is 5.75 Å². The second-order valence-corrected chi connectivity index (χ2v) is 7.08. The number of methoxy groups -OCH3 is 1. The van der Waals surface area contributed by atoms with E-state index in [1.165, 1.54) is 12.8 Å². The van der Waals surface area contributed by atoms with Gasteiger partial charge in [-0.3, -0.25) is 5.32 Å². The fraction of sp³-hybridized carbons (Fsp3) is 0.526. The second-order valence-electron chi connectivity index (χ2n) is 7.08. The summed E-state index contributed by atoms with van der Waals surface area (Å²) in [5.41, 5.74) is 1.09. The number of hydrogen-bond acceptors (Lipinski definition) is 4. The van der Waals surface area contributed by atoms with Gasteiger partial charge in [-0.25, -0.2) is 14.5 Å². The van der Waals surface area contributed by atoms with Gasteiger partial charge in [0.2, 0.25) is 5.95 Å². The highest BCUT2D eigenvalue weighted by Crippen LogP contribution is 2.21. The van der Waals surface area contributed by atoms with E-state index in [1.807, 2.05) is 29.2 Å². The van der Waals surface area contributed by atoms with Crippen molar-refractivity contribution in [2.75, 3.05) is 19.0 Å². The Morgan fingerprint density at radius 3 is 2.77 bits per heavy atom. The average molecular weight is 357 g/mol. The zero-order chi connectivity index (χ0) is 18.5. The van der Waals surface area contributed by atoms with E-state index in [1.54, 1.807) is 18.1 Å². The topological polar surface area (TPSA) is 72.3 Å². The summed E-state index contributed by atoms with van der Waals surface area (Å²) < 4.78 is 6.88. The molecule has 2 heterocycles. The number of urea groups is 1. The molecular weight excluding hydrogens is 330 g/mol. The Morgan fingerprint density at radius 2 is 2.04 bits per heavy atom. The molecule has 0 spiro atoms. The molecule has 0 saturated carbocycles. The first-order chi connectivity index (χ1) is 12.5. The van der Waals surface area contributed by atoms with Gasteiger partial charge >= 0.3 is 6.03 Å². The van der Waals surface area contributed by atoms with Gasteiger partial charge in [0.1, 0.15) is 12.1 Å². The van der Waals surface area contributed by atoms with E-state index >= 15 is 0 Å². The molecule has 2 amide bonds. The Kier molecular flexibility index (Phi) is 5.75. The Hall–Kier alpha value is -2.57. The van der Waals surface area contributed by atoms with Crippen molar-refractivity contribution in [1.29, 1.82) is 0 Å². The van der Waals surface area contributed by atoms with Crippen molar-refractivity contribution >= 4 is 12.0 Å². The summed E-state index contributed by atoms with van der Waals surface area (Å²) in [4.78, 5) is 18.7. The third-order valence-corrected chi connectivity index (χ3v) is 4.88. The molecule has 1 aliphatic heterocycles. The molecule has 1 aliphatic rings. The molecule has 7 nitrogen and oxygen atoms in total. The highest BCUT2D eigenvalue weighted by molar-refractivity contribution is 5.87. The first-order valence-corrected chi connectivity index (χ1v) is 9.15. The quantitative estimate of drug-likeness (QED) is 0.910. The first-order valence-electron chi connectivity index (χ1n) is 9.15. The minimum Gasteiger partial charge on any atom is -0.497 e. The number of nitrogens with one attached hydrogen (secondary N) is 1. The van der Waals surface area contributed by atoms with Gasteiger partial charge in [0.15, 0.2) is 0 Å². The van der Waals surface area contributed by atoms with E-state index in [0.717, 1.165) is 24.3 Å². The highest BCUT2D eigenvalue weighted by atomic mass is 16.5. The number of benzene rings is 1. The SMILES string of the molecule is COc1ccc(Cn2cnc(NC(=O)N3C[C@@H](C)CCC[C@@H]3C)n2)cc1. The molecule has 26 heavy (non-hydrogen) atoms. The van der Waals surface area contributed by atoms with Crippen LogP contribution in [0.25, 0.3) is 0 Å². The van der Waals surface area contributed by atoms with Crippen molar-refractivity contribution in [3.05, 3.63) is 36.2 Å². The Balaban J connectivity index is 1.61. The van der Waals surface area contributed by atoms with Crippen LogP contribution in [0.4, 0.5) is 10.7 Å². The molecule has 1 saturated heterocycles. The summed E-state index contributed by atoms with van der Waals surface area (Å²) in [6.45, 7) is 5.66. The zero-order valence-electron chi connectivity index (χ0n) is 15.7. The van der Waals surface area contributed by atoms with Crippen LogP contribution in [0.1, 0.15) is 38.7 Å². The molecule has 2 atom stereocenters. The van der Waals surface area contributed by atoms with Crippen LogP contribution in [0.2, 0.25) is 0 Å². The van der Waals surface area contributed by atoms with Crippen molar-refractivity contribution in [3.63, 3.8) is 0 Å². The van der Waals surface area contributed by atoms with Crippen LogP contribution in [-0.2, 0) is 6.54 Å². The average Bonchev–Trinajstić information content (AvgIpc) is 2.98. The molecule has 1 N–H and O–H groups in total. The molecule has 0 bridgehead atoms. The fourth-order valence-corrected chi connectivity index (χ4v) is 3.32. The van der Waals surface area contributed by atoms with Gasteiger partial charge in [0.25, 0.3) is 0 Å². The molecular formula is C19H27N5O2. The standard InChI is InChI=1S/C19H27N5O2/c1-14-5-4-6-15(2)24(11-14)19(25)21-18-20-13-23(22-18)12-16-7-9-17(26-3)10-8-16/h7-10,13-15H,4-6,11-12H2,1-3H3,(H,21,22,25)/t14-,15-/m0/s1. The monoisotopic (exact) mass is 357 g/mol. The molecule has 3 rings (SSSR count). The zero-order valence-corrected chi connectivity index (χ0v) is 15.7. The minimum absolute atomic E-state index is 0.117. The lowest BCUT2D eigenvalue weighted by atomic mass is 10.1. The number of nitrogens with zero attached hydrogens (tertiary/aromatic N) is 4. The third kappa shape index (κ3) is 4.53. The van der Waals surface area contributed by atoms with Crippen molar-refractivity contribution in [2.24, 2.45) is 5.92 Å². The Bertz CT molecular complexity index is 728. The number of ether oxygens (including phenoxy) is 1. The predicted octanol–water partition coefficient (Wildman–Crippen LogP) is 3.38. The van der Waals surface area contributed by atoms with E-state index in [9.17, 15) is 4.79 Å². The van der Waals surface area contributed by atoms with Crippen LogP contribution in [0.3, 0.4) is 0 Å². The summed E-state index contributed by atoms with van der Waals surface area (Å²) in [7, 11) is 1.65. The molecule has 0 radical (unpaired) electrons. The van der Waals surface area contributed by atoms with E-state index in [4.69, 9.17) is 4.74 Å². The van der Waals surface area contributed by atoms with E-state index < -0.39 is 0 Å². The van der Waals surface area contributed by atoms with Gasteiger partial charge < -0.3 is 9.64 Å². The maximum Gasteiger partial charge on any atom is 0.324 e. The number of carbonyl (C=O) groups excluding carboxylic acids is 1. The van der Waals surface area contributed by atoms with Crippen LogP contribution in [0.15, 0.2) is 30.6 Å². The first kappa shape index (κ1) is 18.2. The molecule has 0 aliphatic carbocycles. The summed E-state index contributed by atoms with van der Waals surface area (Å²) in [5, 5.41) is 7.20. The summed E-state index contributed by atoms with van der Waals surface area (Å²) >= 11 is 0. The van der Waals surface area contributed by atoms with Crippen molar-refractivity contribution < 1.29 is 9.53 Å². The van der Waals surface area contributed by atoms with Gasteiger partial charge in [-0.1, -0.05) is 25.5 Å². The Morgan fingerprint density at radius 1 is 1.27 bits per heavy atom. The number of amides is 2. The fourth-order valence-electron chi connectivity index (χ4n) is 3.32. The van der Waals surface area contributed by atoms with Gasteiger partial charge in [0.05, 0.1) is 13.7 Å². The smallest absolute Gasteiger partial charge is 0.324 e. The lowest BCUT2D eigenvalue weighted by Crippen LogP contribution is -2.42. The highest BCUT2D eigenvalue weighted by Gasteiger charge is 2.25. The maximum atomic E-state index is 12.6. The van der Waals surface area contributed by atoms with E-state index in [2.05, 4.69) is 29.2 Å². The van der Waals surface area contributed by atoms with E-state index in [0.29, 0.717) is 18.4 Å². The van der Waals surface area contributed by atoms with Gasteiger partial charge in [-0.2, -0.15) is 0 Å². The molecule has 140 valence electrons. The van der Waals surface area contributed by atoms with Crippen LogP contribution < -0.4 is 10.1 Å². The molecule has 0 unspecified atom stereocenters. The summed E-state index contributed by atoms with van der Waals surface area (Å²) in [6.07, 6.45) is 5.01. The predicted molar refractivity (Wildman–Crippen MR) is 100 cm³/mol. The van der Waals surface area contributed by atoms with Crippen LogP contribution in [0, 0.1) is 5.92 Å². The molecule has 7 heteroatoms. The molecule has 2 aromatic rings. The Labute approximate surface area is 154 Å². The molecule has 1 aromatic carbocycles. The summed E-state index contributed by atoms with van der Waals surface area (Å²) in [5.74, 6) is 1.68. The second kappa shape index (κ2) is 8.21. The minimum atomic E-state index is -0.117. The third-order valence-electron chi connectivity index (χ3n) is 4.88. The normalized spacial score (nSPS) is 20.5. The molecule has 1 fully saturated rings. The van der Waals surface area contributed by atoms with E-state index in [-0.39, 0.29) is 12.1 Å². The lowest BCUT2D eigenvalue weighted by Gasteiger charge is -2.28. The number of carbonyl (C=O) groups is 1. The largest absolute Gasteiger partial charge is 0.497 e. The summed E-state index contributed by atoms with van der Waals surface area (Å²) in [6, 6.07) is 7.92. The van der Waals surface area contributed by atoms with Gasteiger partial charge in [-0.15, -0.1) is 5.10 Å².